The van der Waals surface area contributed by atoms with Gasteiger partial charge in [0.1, 0.15) is 6.04 Å². The van der Waals surface area contributed by atoms with Crippen LogP contribution in [0.1, 0.15) is 19.3 Å². The van der Waals surface area contributed by atoms with Gasteiger partial charge in [0, 0.05) is 19.1 Å². The maximum atomic E-state index is 12.3. The van der Waals surface area contributed by atoms with E-state index in [4.69, 9.17) is 11.0 Å². The molecule has 4 N–H and O–H groups in total. The molecule has 2 fully saturated rings. The summed E-state index contributed by atoms with van der Waals surface area (Å²) < 4.78 is 0. The molecule has 2 saturated heterocycles. The molecule has 2 aliphatic heterocycles. The summed E-state index contributed by atoms with van der Waals surface area (Å²) >= 11 is 0. The summed E-state index contributed by atoms with van der Waals surface area (Å²) in [7, 11) is 0. The van der Waals surface area contributed by atoms with Gasteiger partial charge in [0.05, 0.1) is 18.7 Å². The lowest BCUT2D eigenvalue weighted by Gasteiger charge is -2.23. The molecule has 3 atom stereocenters. The molecule has 2 amide bonds. The first-order valence-electron chi connectivity index (χ1n) is 6.58. The summed E-state index contributed by atoms with van der Waals surface area (Å²) in [5.74, 6) is -0.246. The monoisotopic (exact) mass is 265 g/mol. The third kappa shape index (κ3) is 3.03. The Labute approximate surface area is 112 Å². The number of amides is 2. The lowest BCUT2D eigenvalue weighted by Crippen LogP contribution is -2.45. The van der Waals surface area contributed by atoms with Gasteiger partial charge >= 0.3 is 0 Å². The first-order chi connectivity index (χ1) is 9.15. The van der Waals surface area contributed by atoms with Gasteiger partial charge in [-0.3, -0.25) is 9.59 Å². The van der Waals surface area contributed by atoms with E-state index in [2.05, 4.69) is 16.7 Å². The molecular formula is C12H19N5O2. The van der Waals surface area contributed by atoms with Gasteiger partial charge in [-0.05, 0) is 19.3 Å². The van der Waals surface area contributed by atoms with Crippen LogP contribution in [0.2, 0.25) is 0 Å². The molecule has 0 aromatic carbocycles. The number of rotatable bonds is 3. The van der Waals surface area contributed by atoms with Gasteiger partial charge in [-0.25, -0.2) is 0 Å². The third-order valence-corrected chi connectivity index (χ3v) is 3.66. The fourth-order valence-electron chi connectivity index (χ4n) is 2.69. The van der Waals surface area contributed by atoms with Crippen LogP contribution in [0, 0.1) is 11.3 Å². The number of carbonyl (C=O) groups excluding carboxylic acids is 2. The van der Waals surface area contributed by atoms with E-state index in [1.165, 1.54) is 0 Å². The van der Waals surface area contributed by atoms with E-state index in [0.717, 1.165) is 12.8 Å². The molecule has 0 saturated carbocycles. The number of nitrogens with one attached hydrogen (secondary N) is 2. The molecule has 0 spiro atoms. The van der Waals surface area contributed by atoms with Crippen molar-refractivity contribution in [2.75, 3.05) is 19.6 Å². The van der Waals surface area contributed by atoms with Crippen LogP contribution in [0.4, 0.5) is 0 Å². The predicted octanol–water partition coefficient (Wildman–Crippen LogP) is -1.69. The minimum absolute atomic E-state index is 0.0338. The minimum Gasteiger partial charge on any atom is -0.351 e. The lowest BCUT2D eigenvalue weighted by atomic mass is 10.1. The second-order valence-corrected chi connectivity index (χ2v) is 4.98. The van der Waals surface area contributed by atoms with Gasteiger partial charge in [0.15, 0.2) is 0 Å². The van der Waals surface area contributed by atoms with Crippen LogP contribution in [-0.4, -0.2) is 54.5 Å². The average Bonchev–Trinajstić information content (AvgIpc) is 3.06. The van der Waals surface area contributed by atoms with Crippen LogP contribution in [0.25, 0.3) is 0 Å². The molecule has 0 radical (unpaired) electrons. The zero-order valence-electron chi connectivity index (χ0n) is 10.8. The number of nitrogens with zero attached hydrogens (tertiary/aromatic N) is 2. The van der Waals surface area contributed by atoms with Crippen molar-refractivity contribution >= 4 is 11.8 Å². The van der Waals surface area contributed by atoms with Gasteiger partial charge in [-0.1, -0.05) is 0 Å². The summed E-state index contributed by atoms with van der Waals surface area (Å²) in [5.41, 5.74) is 5.24. The van der Waals surface area contributed by atoms with Gasteiger partial charge in [-0.2, -0.15) is 5.26 Å². The normalized spacial score (nSPS) is 30.1. The van der Waals surface area contributed by atoms with Crippen LogP contribution < -0.4 is 16.4 Å². The molecule has 2 rings (SSSR count). The highest BCUT2D eigenvalue weighted by molar-refractivity contribution is 5.83. The molecule has 104 valence electrons. The largest absolute Gasteiger partial charge is 0.351 e. The number of hydrogen-bond acceptors (Lipinski definition) is 5. The maximum absolute atomic E-state index is 12.3. The van der Waals surface area contributed by atoms with Gasteiger partial charge in [-0.15, -0.1) is 0 Å². The van der Waals surface area contributed by atoms with Crippen molar-refractivity contribution in [1.82, 2.24) is 15.5 Å². The maximum Gasteiger partial charge on any atom is 0.240 e. The van der Waals surface area contributed by atoms with Gasteiger partial charge in [0.25, 0.3) is 0 Å². The highest BCUT2D eigenvalue weighted by Crippen LogP contribution is 2.20. The lowest BCUT2D eigenvalue weighted by molar-refractivity contribution is -0.133. The number of likely N-dealkylation sites (tertiary alicyclic amines) is 1. The van der Waals surface area contributed by atoms with E-state index >= 15 is 0 Å². The molecule has 0 aliphatic carbocycles. The zero-order valence-corrected chi connectivity index (χ0v) is 10.8. The summed E-state index contributed by atoms with van der Waals surface area (Å²) in [6.07, 6.45) is 2.19. The van der Waals surface area contributed by atoms with Crippen molar-refractivity contribution in [2.24, 2.45) is 5.73 Å². The Morgan fingerprint density at radius 3 is 3.00 bits per heavy atom. The Morgan fingerprint density at radius 1 is 1.53 bits per heavy atom. The SMILES string of the molecule is N#CC1CCCN1C(=O)[C@@H]1C[C@H](NC(=O)CN)CN1. The van der Waals surface area contributed by atoms with Crippen LogP contribution in [0.5, 0.6) is 0 Å². The van der Waals surface area contributed by atoms with Gasteiger partial charge < -0.3 is 21.3 Å². The van der Waals surface area contributed by atoms with Crippen LogP contribution in [-0.2, 0) is 9.59 Å². The standard InChI is InChI=1S/C12H19N5O2/c13-5-9-2-1-3-17(9)12(19)10-4-8(7-15-10)16-11(18)6-14/h8-10,15H,1-4,6-7,14H2,(H,16,18)/t8-,9?,10-/m0/s1. The zero-order chi connectivity index (χ0) is 13.8. The molecule has 0 aromatic rings. The molecule has 0 bridgehead atoms. The minimum atomic E-state index is -0.308. The summed E-state index contributed by atoms with van der Waals surface area (Å²) in [6, 6.07) is 1.49. The number of nitriles is 1. The number of hydrogen-bond donors (Lipinski definition) is 3. The highest BCUT2D eigenvalue weighted by Gasteiger charge is 2.37. The third-order valence-electron chi connectivity index (χ3n) is 3.66. The fourth-order valence-corrected chi connectivity index (χ4v) is 2.69. The number of nitrogens with two attached hydrogens (primary N) is 1. The van der Waals surface area contributed by atoms with Gasteiger partial charge in [0.2, 0.25) is 11.8 Å². The van der Waals surface area contributed by atoms with E-state index in [0.29, 0.717) is 19.5 Å². The molecule has 1 unspecified atom stereocenters. The van der Waals surface area contributed by atoms with Crippen LogP contribution in [0.15, 0.2) is 0 Å². The summed E-state index contributed by atoms with van der Waals surface area (Å²) in [5, 5.41) is 14.9. The average molecular weight is 265 g/mol. The van der Waals surface area contributed by atoms with E-state index in [9.17, 15) is 9.59 Å². The van der Waals surface area contributed by atoms with E-state index in [1.807, 2.05) is 0 Å². The van der Waals surface area contributed by atoms with Crippen molar-refractivity contribution in [2.45, 2.75) is 37.4 Å². The Hall–Kier alpha value is -1.65. The van der Waals surface area contributed by atoms with Crippen molar-refractivity contribution < 1.29 is 9.59 Å². The molecule has 7 nitrogen and oxygen atoms in total. The smallest absolute Gasteiger partial charge is 0.240 e. The second kappa shape index (κ2) is 5.99. The van der Waals surface area contributed by atoms with E-state index in [-0.39, 0.29) is 36.5 Å². The first-order valence-corrected chi connectivity index (χ1v) is 6.58. The molecule has 2 heterocycles. The topological polar surface area (TPSA) is 111 Å². The van der Waals surface area contributed by atoms with Crippen molar-refractivity contribution in [3.8, 4) is 6.07 Å². The Kier molecular flexibility index (Phi) is 4.35. The fraction of sp³-hybridized carbons (Fsp3) is 0.750. The molecule has 7 heteroatoms. The Bertz CT molecular complexity index is 405. The first kappa shape index (κ1) is 13.8. The van der Waals surface area contributed by atoms with Crippen LogP contribution in [0.3, 0.4) is 0 Å². The van der Waals surface area contributed by atoms with Crippen molar-refractivity contribution in [3.05, 3.63) is 0 Å². The second-order valence-electron chi connectivity index (χ2n) is 4.98. The Morgan fingerprint density at radius 2 is 2.32 bits per heavy atom. The summed E-state index contributed by atoms with van der Waals surface area (Å²) in [6.45, 7) is 1.17. The predicted molar refractivity (Wildman–Crippen MR) is 67.7 cm³/mol. The van der Waals surface area contributed by atoms with Crippen molar-refractivity contribution in [1.29, 1.82) is 5.26 Å². The van der Waals surface area contributed by atoms with E-state index < -0.39 is 0 Å². The Balaban J connectivity index is 1.88. The molecular weight excluding hydrogens is 246 g/mol. The molecule has 2 aliphatic rings. The number of carbonyl (C=O) groups is 2. The van der Waals surface area contributed by atoms with E-state index in [1.54, 1.807) is 4.90 Å². The molecule has 19 heavy (non-hydrogen) atoms. The van der Waals surface area contributed by atoms with Crippen LogP contribution >= 0.6 is 0 Å². The summed E-state index contributed by atoms with van der Waals surface area (Å²) in [4.78, 5) is 25.1. The highest BCUT2D eigenvalue weighted by atomic mass is 16.2. The molecule has 0 aromatic heterocycles. The quantitative estimate of drug-likeness (QED) is 0.563. The van der Waals surface area contributed by atoms with Crippen molar-refractivity contribution in [3.63, 3.8) is 0 Å².